The van der Waals surface area contributed by atoms with Crippen LogP contribution in [0.1, 0.15) is 28.5 Å². The standard InChI is InChI=1S/C13H13N3O3S/c1-7-5-9(17)3-4-10(7)12(18)15-13-14-11(6-20-13)8(2)16-19/h3-6,17,19H,1-2H3,(H,14,15,18)/b16-8-. The minimum atomic E-state index is -0.304. The van der Waals surface area contributed by atoms with Gasteiger partial charge in [-0.05, 0) is 37.6 Å². The molecule has 0 aliphatic carbocycles. The molecule has 0 saturated heterocycles. The second-order valence-electron chi connectivity index (χ2n) is 4.18. The van der Waals surface area contributed by atoms with Gasteiger partial charge in [0, 0.05) is 10.9 Å². The number of aromatic nitrogens is 1. The van der Waals surface area contributed by atoms with Crippen LogP contribution in [-0.2, 0) is 0 Å². The van der Waals surface area contributed by atoms with Gasteiger partial charge in [0.2, 0.25) is 0 Å². The molecule has 0 radical (unpaired) electrons. The molecule has 0 spiro atoms. The van der Waals surface area contributed by atoms with E-state index in [4.69, 9.17) is 5.21 Å². The van der Waals surface area contributed by atoms with E-state index in [0.717, 1.165) is 0 Å². The number of anilines is 1. The maximum Gasteiger partial charge on any atom is 0.257 e. The molecule has 0 saturated carbocycles. The van der Waals surface area contributed by atoms with Crippen LogP contribution in [0.4, 0.5) is 5.13 Å². The first-order valence-corrected chi connectivity index (χ1v) is 6.64. The highest BCUT2D eigenvalue weighted by atomic mass is 32.1. The van der Waals surface area contributed by atoms with E-state index >= 15 is 0 Å². The first-order valence-electron chi connectivity index (χ1n) is 5.77. The molecule has 6 nitrogen and oxygen atoms in total. The van der Waals surface area contributed by atoms with Crippen LogP contribution in [-0.4, -0.2) is 26.9 Å². The Kier molecular flexibility index (Phi) is 3.99. The predicted molar refractivity (Wildman–Crippen MR) is 76.9 cm³/mol. The van der Waals surface area contributed by atoms with Gasteiger partial charge < -0.3 is 10.3 Å². The molecule has 2 rings (SSSR count). The fraction of sp³-hybridized carbons (Fsp3) is 0.154. The van der Waals surface area contributed by atoms with E-state index in [1.165, 1.54) is 23.5 Å². The Morgan fingerprint density at radius 2 is 2.20 bits per heavy atom. The lowest BCUT2D eigenvalue weighted by atomic mass is 10.1. The van der Waals surface area contributed by atoms with Gasteiger partial charge in [0.1, 0.15) is 17.2 Å². The molecule has 0 fully saturated rings. The number of amides is 1. The lowest BCUT2D eigenvalue weighted by Gasteiger charge is -2.05. The Morgan fingerprint density at radius 3 is 2.85 bits per heavy atom. The second kappa shape index (κ2) is 5.70. The van der Waals surface area contributed by atoms with Gasteiger partial charge in [-0.25, -0.2) is 4.98 Å². The highest BCUT2D eigenvalue weighted by Gasteiger charge is 2.12. The lowest BCUT2D eigenvalue weighted by Crippen LogP contribution is -2.13. The molecule has 1 heterocycles. The molecule has 20 heavy (non-hydrogen) atoms. The van der Waals surface area contributed by atoms with Crippen LogP contribution < -0.4 is 5.32 Å². The third-order valence-electron chi connectivity index (χ3n) is 2.70. The monoisotopic (exact) mass is 291 g/mol. The summed E-state index contributed by atoms with van der Waals surface area (Å²) in [5.74, 6) is -0.188. The summed E-state index contributed by atoms with van der Waals surface area (Å²) in [5, 5.41) is 25.8. The predicted octanol–water partition coefficient (Wildman–Crippen LogP) is 2.61. The van der Waals surface area contributed by atoms with Crippen molar-refractivity contribution >= 4 is 28.1 Å². The summed E-state index contributed by atoms with van der Waals surface area (Å²) < 4.78 is 0. The molecule has 7 heteroatoms. The Labute approximate surface area is 119 Å². The number of oxime groups is 1. The number of nitrogens with one attached hydrogen (secondary N) is 1. The Hall–Kier alpha value is -2.41. The van der Waals surface area contributed by atoms with Crippen LogP contribution in [0.3, 0.4) is 0 Å². The van der Waals surface area contributed by atoms with E-state index in [0.29, 0.717) is 27.7 Å². The van der Waals surface area contributed by atoms with Crippen LogP contribution in [0.2, 0.25) is 0 Å². The van der Waals surface area contributed by atoms with Gasteiger partial charge >= 0.3 is 0 Å². The topological polar surface area (TPSA) is 94.8 Å². The molecular formula is C13H13N3O3S. The van der Waals surface area contributed by atoms with Crippen molar-refractivity contribution in [3.63, 3.8) is 0 Å². The van der Waals surface area contributed by atoms with Crippen LogP contribution in [0.25, 0.3) is 0 Å². The maximum absolute atomic E-state index is 12.1. The summed E-state index contributed by atoms with van der Waals surface area (Å²) in [4.78, 5) is 16.2. The average molecular weight is 291 g/mol. The number of aromatic hydroxyl groups is 1. The highest BCUT2D eigenvalue weighted by Crippen LogP contribution is 2.20. The summed E-state index contributed by atoms with van der Waals surface area (Å²) in [6.45, 7) is 3.36. The number of hydrogen-bond donors (Lipinski definition) is 3. The maximum atomic E-state index is 12.1. The van der Waals surface area contributed by atoms with Crippen LogP contribution in [0, 0.1) is 6.92 Å². The van der Waals surface area contributed by atoms with Crippen molar-refractivity contribution in [2.24, 2.45) is 5.16 Å². The summed E-state index contributed by atoms with van der Waals surface area (Å²) in [5.41, 5.74) is 2.03. The number of rotatable bonds is 3. The van der Waals surface area contributed by atoms with Crippen molar-refractivity contribution in [3.8, 4) is 5.75 Å². The van der Waals surface area contributed by atoms with E-state index in [2.05, 4.69) is 15.5 Å². The van der Waals surface area contributed by atoms with Gasteiger partial charge in [0.15, 0.2) is 5.13 Å². The van der Waals surface area contributed by atoms with E-state index in [1.807, 2.05) is 0 Å². The zero-order chi connectivity index (χ0) is 14.7. The molecule has 2 aromatic rings. The zero-order valence-electron chi connectivity index (χ0n) is 10.9. The Balaban J connectivity index is 2.17. The van der Waals surface area contributed by atoms with E-state index in [9.17, 15) is 9.90 Å². The zero-order valence-corrected chi connectivity index (χ0v) is 11.7. The van der Waals surface area contributed by atoms with Crippen LogP contribution in [0.15, 0.2) is 28.7 Å². The SMILES string of the molecule is C/C(=N/O)c1csc(NC(=O)c2ccc(O)cc2C)n1. The number of phenols is 1. The van der Waals surface area contributed by atoms with E-state index < -0.39 is 0 Å². The van der Waals surface area contributed by atoms with E-state index in [1.54, 1.807) is 25.3 Å². The molecule has 104 valence electrons. The van der Waals surface area contributed by atoms with Crippen molar-refractivity contribution in [2.45, 2.75) is 13.8 Å². The minimum Gasteiger partial charge on any atom is -0.508 e. The fourth-order valence-corrected chi connectivity index (χ4v) is 2.36. The number of carbonyl (C=O) groups is 1. The number of thiazole rings is 1. The molecule has 0 atom stereocenters. The summed E-state index contributed by atoms with van der Waals surface area (Å²) >= 11 is 1.24. The Bertz CT molecular complexity index is 679. The molecule has 0 aliphatic heterocycles. The fourth-order valence-electron chi connectivity index (χ4n) is 1.62. The average Bonchev–Trinajstić information content (AvgIpc) is 2.86. The summed E-state index contributed by atoms with van der Waals surface area (Å²) in [6.07, 6.45) is 0. The highest BCUT2D eigenvalue weighted by molar-refractivity contribution is 7.14. The number of benzene rings is 1. The Morgan fingerprint density at radius 1 is 1.45 bits per heavy atom. The van der Waals surface area contributed by atoms with Gasteiger partial charge in [-0.1, -0.05) is 5.16 Å². The van der Waals surface area contributed by atoms with E-state index in [-0.39, 0.29) is 11.7 Å². The van der Waals surface area contributed by atoms with Crippen molar-refractivity contribution in [3.05, 3.63) is 40.4 Å². The quantitative estimate of drug-likeness (QED) is 0.460. The molecule has 1 amide bonds. The first kappa shape index (κ1) is 14.0. The smallest absolute Gasteiger partial charge is 0.257 e. The molecule has 0 unspecified atom stereocenters. The van der Waals surface area contributed by atoms with Crippen molar-refractivity contribution in [1.29, 1.82) is 0 Å². The first-order chi connectivity index (χ1) is 9.51. The number of carbonyl (C=O) groups excluding carboxylic acids is 1. The van der Waals surface area contributed by atoms with Gasteiger partial charge in [-0.3, -0.25) is 10.1 Å². The third kappa shape index (κ3) is 2.94. The lowest BCUT2D eigenvalue weighted by molar-refractivity contribution is 0.102. The molecule has 0 bridgehead atoms. The molecule has 3 N–H and O–H groups in total. The normalized spacial score (nSPS) is 11.4. The van der Waals surface area contributed by atoms with Gasteiger partial charge in [0.05, 0.1) is 0 Å². The summed E-state index contributed by atoms with van der Waals surface area (Å²) in [6, 6.07) is 4.53. The van der Waals surface area contributed by atoms with Crippen molar-refractivity contribution in [2.75, 3.05) is 5.32 Å². The van der Waals surface area contributed by atoms with Crippen LogP contribution in [0.5, 0.6) is 5.75 Å². The number of hydrogen-bond acceptors (Lipinski definition) is 6. The molecule has 1 aromatic carbocycles. The van der Waals surface area contributed by atoms with Crippen molar-refractivity contribution in [1.82, 2.24) is 4.98 Å². The molecule has 1 aromatic heterocycles. The minimum absolute atomic E-state index is 0.116. The van der Waals surface area contributed by atoms with Gasteiger partial charge in [-0.2, -0.15) is 0 Å². The number of aryl methyl sites for hydroxylation is 1. The second-order valence-corrected chi connectivity index (χ2v) is 5.03. The van der Waals surface area contributed by atoms with Crippen LogP contribution >= 0.6 is 11.3 Å². The molecular weight excluding hydrogens is 278 g/mol. The number of phenolic OH excluding ortho intramolecular Hbond substituents is 1. The number of nitrogens with zero attached hydrogens (tertiary/aromatic N) is 2. The van der Waals surface area contributed by atoms with Gasteiger partial charge in [-0.15, -0.1) is 11.3 Å². The summed E-state index contributed by atoms with van der Waals surface area (Å²) in [7, 11) is 0. The van der Waals surface area contributed by atoms with Crippen molar-refractivity contribution < 1.29 is 15.1 Å². The largest absolute Gasteiger partial charge is 0.508 e. The molecule has 0 aliphatic rings. The van der Waals surface area contributed by atoms with Gasteiger partial charge in [0.25, 0.3) is 5.91 Å². The third-order valence-corrected chi connectivity index (χ3v) is 3.46.